The Kier molecular flexibility index (Phi) is 5.65. The third-order valence-electron chi connectivity index (χ3n) is 3.67. The fourth-order valence-electron chi connectivity index (χ4n) is 2.30. The third kappa shape index (κ3) is 4.14. The summed E-state index contributed by atoms with van der Waals surface area (Å²) in [7, 11) is 0. The van der Waals surface area contributed by atoms with Gasteiger partial charge in [-0.05, 0) is 43.1 Å². The van der Waals surface area contributed by atoms with Gasteiger partial charge in [0, 0.05) is 11.6 Å². The SMILES string of the molecule is CC(NCCc1ccc(CO)cc1)c1ccc(C#N)cc1F. The van der Waals surface area contributed by atoms with Crippen LogP contribution in [-0.2, 0) is 13.0 Å². The normalized spacial score (nSPS) is 11.9. The summed E-state index contributed by atoms with van der Waals surface area (Å²) >= 11 is 0. The van der Waals surface area contributed by atoms with Crippen LogP contribution in [0.4, 0.5) is 4.39 Å². The Morgan fingerprint density at radius 2 is 1.86 bits per heavy atom. The molecule has 0 aromatic heterocycles. The van der Waals surface area contributed by atoms with Crippen LogP contribution in [0, 0.1) is 17.1 Å². The van der Waals surface area contributed by atoms with E-state index in [2.05, 4.69) is 5.32 Å². The maximum absolute atomic E-state index is 13.9. The zero-order valence-electron chi connectivity index (χ0n) is 12.5. The largest absolute Gasteiger partial charge is 0.392 e. The van der Waals surface area contributed by atoms with Gasteiger partial charge in [0.05, 0.1) is 18.2 Å². The second kappa shape index (κ2) is 7.69. The molecule has 0 aliphatic rings. The standard InChI is InChI=1S/C18H19FN2O/c1-13(17-7-6-16(11-20)10-18(17)19)21-9-8-14-2-4-15(12-22)5-3-14/h2-7,10,13,21-22H,8-9,12H2,1H3. The van der Waals surface area contributed by atoms with Crippen LogP contribution in [0.1, 0.15) is 35.2 Å². The van der Waals surface area contributed by atoms with Gasteiger partial charge in [0.15, 0.2) is 0 Å². The predicted molar refractivity (Wildman–Crippen MR) is 83.6 cm³/mol. The van der Waals surface area contributed by atoms with Crippen molar-refractivity contribution in [2.75, 3.05) is 6.54 Å². The van der Waals surface area contributed by atoms with Crippen molar-refractivity contribution in [1.82, 2.24) is 5.32 Å². The van der Waals surface area contributed by atoms with Gasteiger partial charge in [-0.2, -0.15) is 5.26 Å². The number of rotatable bonds is 6. The molecule has 0 radical (unpaired) electrons. The van der Waals surface area contributed by atoms with E-state index in [1.807, 2.05) is 37.3 Å². The van der Waals surface area contributed by atoms with Gasteiger partial charge in [0.1, 0.15) is 5.82 Å². The van der Waals surface area contributed by atoms with E-state index in [1.165, 1.54) is 6.07 Å². The molecule has 22 heavy (non-hydrogen) atoms. The maximum atomic E-state index is 13.9. The average molecular weight is 298 g/mol. The number of nitrogens with zero attached hydrogens (tertiary/aromatic N) is 1. The summed E-state index contributed by atoms with van der Waals surface area (Å²) in [6.45, 7) is 2.67. The number of nitriles is 1. The van der Waals surface area contributed by atoms with E-state index in [4.69, 9.17) is 10.4 Å². The lowest BCUT2D eigenvalue weighted by Gasteiger charge is -2.15. The zero-order valence-corrected chi connectivity index (χ0v) is 12.5. The second-order valence-corrected chi connectivity index (χ2v) is 5.25. The minimum Gasteiger partial charge on any atom is -0.392 e. The molecule has 0 spiro atoms. The highest BCUT2D eigenvalue weighted by Crippen LogP contribution is 2.18. The van der Waals surface area contributed by atoms with Crippen molar-refractivity contribution in [3.05, 3.63) is 70.5 Å². The molecule has 2 aromatic carbocycles. The van der Waals surface area contributed by atoms with E-state index in [0.717, 1.165) is 24.1 Å². The molecule has 0 fully saturated rings. The summed E-state index contributed by atoms with van der Waals surface area (Å²) < 4.78 is 13.9. The number of hydrogen-bond donors (Lipinski definition) is 2. The Morgan fingerprint density at radius 1 is 1.18 bits per heavy atom. The minimum atomic E-state index is -0.355. The van der Waals surface area contributed by atoms with Crippen molar-refractivity contribution in [3.8, 4) is 6.07 Å². The first-order valence-electron chi connectivity index (χ1n) is 7.25. The van der Waals surface area contributed by atoms with Crippen molar-refractivity contribution < 1.29 is 9.50 Å². The summed E-state index contributed by atoms with van der Waals surface area (Å²) in [6, 6.07) is 14.1. The number of hydrogen-bond acceptors (Lipinski definition) is 3. The highest BCUT2D eigenvalue weighted by atomic mass is 19.1. The molecular weight excluding hydrogens is 279 g/mol. The fourth-order valence-corrected chi connectivity index (χ4v) is 2.30. The number of aliphatic hydroxyl groups is 1. The van der Waals surface area contributed by atoms with Gasteiger partial charge in [0.2, 0.25) is 0 Å². The summed E-state index contributed by atoms with van der Waals surface area (Å²) in [5.41, 5.74) is 2.95. The van der Waals surface area contributed by atoms with E-state index >= 15 is 0 Å². The summed E-state index contributed by atoms with van der Waals surface area (Å²) in [5.74, 6) is -0.355. The Hall–Kier alpha value is -2.22. The zero-order chi connectivity index (χ0) is 15.9. The number of aliphatic hydroxyl groups excluding tert-OH is 1. The molecule has 4 heteroatoms. The lowest BCUT2D eigenvalue weighted by Crippen LogP contribution is -2.22. The molecule has 0 aliphatic carbocycles. The molecule has 1 unspecified atom stereocenters. The molecule has 3 nitrogen and oxygen atoms in total. The van der Waals surface area contributed by atoms with Crippen LogP contribution in [0.15, 0.2) is 42.5 Å². The van der Waals surface area contributed by atoms with Gasteiger partial charge in [-0.25, -0.2) is 4.39 Å². The fraction of sp³-hybridized carbons (Fsp3) is 0.278. The molecule has 0 aliphatic heterocycles. The first-order valence-corrected chi connectivity index (χ1v) is 7.25. The van der Waals surface area contributed by atoms with Crippen LogP contribution in [0.25, 0.3) is 0 Å². The van der Waals surface area contributed by atoms with Crippen LogP contribution in [-0.4, -0.2) is 11.7 Å². The second-order valence-electron chi connectivity index (χ2n) is 5.25. The Morgan fingerprint density at radius 3 is 2.45 bits per heavy atom. The lowest BCUT2D eigenvalue weighted by molar-refractivity contribution is 0.282. The Bertz CT molecular complexity index is 662. The van der Waals surface area contributed by atoms with E-state index in [-0.39, 0.29) is 18.5 Å². The first kappa shape index (κ1) is 16.2. The molecule has 0 amide bonds. The van der Waals surface area contributed by atoms with Crippen LogP contribution in [0.5, 0.6) is 0 Å². The molecule has 114 valence electrons. The summed E-state index contributed by atoms with van der Waals surface area (Å²) in [6.07, 6.45) is 0.827. The van der Waals surface area contributed by atoms with Crippen LogP contribution >= 0.6 is 0 Å². The van der Waals surface area contributed by atoms with E-state index in [1.54, 1.807) is 12.1 Å². The van der Waals surface area contributed by atoms with Crippen molar-refractivity contribution in [2.24, 2.45) is 0 Å². The molecule has 2 N–H and O–H groups in total. The van der Waals surface area contributed by atoms with Crippen molar-refractivity contribution in [1.29, 1.82) is 5.26 Å². The molecule has 2 rings (SSSR count). The van der Waals surface area contributed by atoms with E-state index in [0.29, 0.717) is 11.1 Å². The van der Waals surface area contributed by atoms with Crippen molar-refractivity contribution >= 4 is 0 Å². The van der Waals surface area contributed by atoms with Gasteiger partial charge in [-0.15, -0.1) is 0 Å². The predicted octanol–water partition coefficient (Wildman–Crippen LogP) is 3.08. The van der Waals surface area contributed by atoms with Crippen LogP contribution in [0.3, 0.4) is 0 Å². The van der Waals surface area contributed by atoms with Gasteiger partial charge >= 0.3 is 0 Å². The molecular formula is C18H19FN2O. The number of halogens is 1. The Balaban J connectivity index is 1.89. The van der Waals surface area contributed by atoms with Gasteiger partial charge in [-0.3, -0.25) is 0 Å². The van der Waals surface area contributed by atoms with Crippen LogP contribution < -0.4 is 5.32 Å². The number of benzene rings is 2. The first-order chi connectivity index (χ1) is 10.6. The topological polar surface area (TPSA) is 56.0 Å². The average Bonchev–Trinajstić information content (AvgIpc) is 2.55. The lowest BCUT2D eigenvalue weighted by atomic mass is 10.0. The minimum absolute atomic E-state index is 0.0491. The highest BCUT2D eigenvalue weighted by molar-refractivity contribution is 5.34. The van der Waals surface area contributed by atoms with Gasteiger partial charge in [0.25, 0.3) is 0 Å². The monoisotopic (exact) mass is 298 g/mol. The van der Waals surface area contributed by atoms with Crippen LogP contribution in [0.2, 0.25) is 0 Å². The van der Waals surface area contributed by atoms with Crippen molar-refractivity contribution in [2.45, 2.75) is 26.0 Å². The number of nitrogens with one attached hydrogen (secondary N) is 1. The molecule has 0 saturated carbocycles. The van der Waals surface area contributed by atoms with E-state index < -0.39 is 0 Å². The molecule has 0 heterocycles. The quantitative estimate of drug-likeness (QED) is 0.861. The highest BCUT2D eigenvalue weighted by Gasteiger charge is 2.10. The molecule has 0 saturated heterocycles. The molecule has 2 aromatic rings. The third-order valence-corrected chi connectivity index (χ3v) is 3.67. The Labute approximate surface area is 130 Å². The molecule has 0 bridgehead atoms. The summed E-state index contributed by atoms with van der Waals surface area (Å²) in [4.78, 5) is 0. The van der Waals surface area contributed by atoms with Gasteiger partial charge in [-0.1, -0.05) is 30.3 Å². The van der Waals surface area contributed by atoms with Crippen molar-refractivity contribution in [3.63, 3.8) is 0 Å². The van der Waals surface area contributed by atoms with E-state index in [9.17, 15) is 4.39 Å². The maximum Gasteiger partial charge on any atom is 0.129 e. The molecule has 1 atom stereocenters. The van der Waals surface area contributed by atoms with Gasteiger partial charge < -0.3 is 10.4 Å². The smallest absolute Gasteiger partial charge is 0.129 e. The summed E-state index contributed by atoms with van der Waals surface area (Å²) in [5, 5.41) is 21.0.